The van der Waals surface area contributed by atoms with Gasteiger partial charge in [0.1, 0.15) is 17.3 Å². The quantitative estimate of drug-likeness (QED) is 0.206. The summed E-state index contributed by atoms with van der Waals surface area (Å²) in [4.78, 5) is 28.3. The van der Waals surface area contributed by atoms with E-state index >= 15 is 0 Å². The van der Waals surface area contributed by atoms with Crippen LogP contribution in [0.3, 0.4) is 0 Å². The van der Waals surface area contributed by atoms with Crippen molar-refractivity contribution in [3.63, 3.8) is 0 Å². The molecular formula is C38H38ClN7O3. The molecule has 1 aliphatic carbocycles. The summed E-state index contributed by atoms with van der Waals surface area (Å²) in [6.45, 7) is 3.09. The Balaban J connectivity index is 1.35. The van der Waals surface area contributed by atoms with Crippen LogP contribution in [0.25, 0.3) is 33.3 Å². The second kappa shape index (κ2) is 14.0. The van der Waals surface area contributed by atoms with Crippen LogP contribution in [0.2, 0.25) is 0 Å². The minimum atomic E-state index is -0.686. The number of benzene rings is 3. The smallest absolute Gasteiger partial charge is 0.271 e. The number of morpholine rings is 1. The lowest BCUT2D eigenvalue weighted by Gasteiger charge is -2.41. The molecule has 1 saturated heterocycles. The monoisotopic (exact) mass is 675 g/mol. The van der Waals surface area contributed by atoms with Gasteiger partial charge in [0.15, 0.2) is 0 Å². The number of fused-ring (bicyclic) bond motifs is 1. The number of rotatable bonds is 7. The molecule has 2 aliphatic rings. The number of alkyl halides is 1. The summed E-state index contributed by atoms with van der Waals surface area (Å²) >= 11 is 7.13. The van der Waals surface area contributed by atoms with E-state index in [1.807, 2.05) is 97.9 Å². The lowest BCUT2D eigenvalue weighted by atomic mass is 9.86. The van der Waals surface area contributed by atoms with Gasteiger partial charge < -0.3 is 25.0 Å². The van der Waals surface area contributed by atoms with E-state index in [1.54, 1.807) is 6.20 Å². The van der Waals surface area contributed by atoms with Crippen LogP contribution in [0.4, 0.5) is 17.3 Å². The first kappa shape index (κ1) is 32.7. The van der Waals surface area contributed by atoms with Gasteiger partial charge in [0.2, 0.25) is 5.95 Å². The minimum absolute atomic E-state index is 0.0201. The minimum Gasteiger partial charge on any atom is -0.393 e. The SMILES string of the molecule is CN(C)C1CC(O)CC(n2c(=O)c(C#N)c(-c3ccc(-c4ccccc4)cc3)c3cnc(Nc4ccc(N5CCOCC5)cc4)nc32)C1Cl. The second-order valence-electron chi connectivity index (χ2n) is 12.9. The number of halogens is 1. The maximum atomic E-state index is 14.5. The Bertz CT molecular complexity index is 2040. The van der Waals surface area contributed by atoms with Crippen molar-refractivity contribution in [1.82, 2.24) is 19.4 Å². The van der Waals surface area contributed by atoms with Crippen molar-refractivity contribution < 1.29 is 9.84 Å². The van der Waals surface area contributed by atoms with Crippen molar-refractivity contribution in [2.24, 2.45) is 0 Å². The molecule has 2 aromatic heterocycles. The number of nitrogens with one attached hydrogen (secondary N) is 1. The molecule has 2 N–H and O–H groups in total. The molecule has 7 rings (SSSR count). The van der Waals surface area contributed by atoms with E-state index in [2.05, 4.69) is 21.3 Å². The van der Waals surface area contributed by atoms with Crippen LogP contribution >= 0.6 is 11.6 Å². The largest absolute Gasteiger partial charge is 0.393 e. The molecule has 1 saturated carbocycles. The predicted molar refractivity (Wildman–Crippen MR) is 194 cm³/mol. The first-order valence-electron chi connectivity index (χ1n) is 16.5. The summed E-state index contributed by atoms with van der Waals surface area (Å²) in [5, 5.41) is 24.8. The van der Waals surface area contributed by atoms with Gasteiger partial charge in [-0.2, -0.15) is 10.2 Å². The molecule has 0 amide bonds. The molecule has 2 fully saturated rings. The first-order valence-corrected chi connectivity index (χ1v) is 17.0. The van der Waals surface area contributed by atoms with E-state index in [0.717, 1.165) is 35.6 Å². The number of nitrogens with zero attached hydrogens (tertiary/aromatic N) is 6. The zero-order valence-corrected chi connectivity index (χ0v) is 28.2. The van der Waals surface area contributed by atoms with Gasteiger partial charge in [-0.3, -0.25) is 9.36 Å². The van der Waals surface area contributed by atoms with E-state index in [4.69, 9.17) is 21.3 Å². The predicted octanol–water partition coefficient (Wildman–Crippen LogP) is 5.81. The lowest BCUT2D eigenvalue weighted by molar-refractivity contribution is 0.0590. The maximum Gasteiger partial charge on any atom is 0.271 e. The molecule has 5 aromatic rings. The van der Waals surface area contributed by atoms with Crippen molar-refractivity contribution in [3.05, 3.63) is 101 Å². The van der Waals surface area contributed by atoms with Crippen LogP contribution in [0.1, 0.15) is 24.4 Å². The van der Waals surface area contributed by atoms with Gasteiger partial charge in [0.25, 0.3) is 5.56 Å². The van der Waals surface area contributed by atoms with Crippen LogP contribution in [0, 0.1) is 11.3 Å². The summed E-state index contributed by atoms with van der Waals surface area (Å²) in [5.74, 6) is 0.293. The number of hydrogen-bond donors (Lipinski definition) is 2. The van der Waals surface area contributed by atoms with Crippen LogP contribution in [0.5, 0.6) is 0 Å². The molecular weight excluding hydrogens is 638 g/mol. The Morgan fingerprint density at radius 1 is 0.959 bits per heavy atom. The molecule has 3 heterocycles. The number of ether oxygens (including phenoxy) is 1. The number of hydrogen-bond acceptors (Lipinski definition) is 9. The normalized spacial score (nSPS) is 21.1. The molecule has 0 bridgehead atoms. The fourth-order valence-corrected chi connectivity index (χ4v) is 7.59. The van der Waals surface area contributed by atoms with Crippen molar-refractivity contribution in [2.75, 3.05) is 50.6 Å². The molecule has 49 heavy (non-hydrogen) atoms. The molecule has 250 valence electrons. The lowest BCUT2D eigenvalue weighted by Crippen LogP contribution is -2.50. The molecule has 4 unspecified atom stereocenters. The van der Waals surface area contributed by atoms with Crippen LogP contribution in [0.15, 0.2) is 89.9 Å². The van der Waals surface area contributed by atoms with Gasteiger partial charge >= 0.3 is 0 Å². The summed E-state index contributed by atoms with van der Waals surface area (Å²) in [7, 11) is 3.82. The Morgan fingerprint density at radius 2 is 1.63 bits per heavy atom. The van der Waals surface area contributed by atoms with E-state index in [1.165, 1.54) is 4.57 Å². The van der Waals surface area contributed by atoms with Crippen molar-refractivity contribution >= 4 is 40.0 Å². The molecule has 10 nitrogen and oxygen atoms in total. The van der Waals surface area contributed by atoms with E-state index in [0.29, 0.717) is 47.7 Å². The maximum absolute atomic E-state index is 14.5. The summed E-state index contributed by atoms with van der Waals surface area (Å²) in [5.41, 5.74) is 4.95. The highest BCUT2D eigenvalue weighted by atomic mass is 35.5. The highest BCUT2D eigenvalue weighted by Gasteiger charge is 2.40. The third-order valence-corrected chi connectivity index (χ3v) is 10.2. The molecule has 1 aliphatic heterocycles. The van der Waals surface area contributed by atoms with E-state index < -0.39 is 23.1 Å². The number of nitriles is 1. The molecule has 3 aromatic carbocycles. The fourth-order valence-electron chi connectivity index (χ4n) is 7.04. The van der Waals surface area contributed by atoms with Gasteiger partial charge in [-0.15, -0.1) is 11.6 Å². The number of aliphatic hydroxyl groups excluding tert-OH is 1. The Hall–Kier alpha value is -4.79. The molecule has 11 heteroatoms. The number of aromatic nitrogens is 3. The second-order valence-corrected chi connectivity index (χ2v) is 13.4. The van der Waals surface area contributed by atoms with Gasteiger partial charge in [-0.1, -0.05) is 54.6 Å². The Morgan fingerprint density at radius 3 is 2.31 bits per heavy atom. The van der Waals surface area contributed by atoms with Gasteiger partial charge in [0.05, 0.1) is 30.7 Å². The van der Waals surface area contributed by atoms with Gasteiger partial charge in [-0.05, 0) is 67.9 Å². The average molecular weight is 676 g/mol. The van der Waals surface area contributed by atoms with Crippen molar-refractivity contribution in [1.29, 1.82) is 5.26 Å². The zero-order chi connectivity index (χ0) is 34.1. The molecule has 4 atom stereocenters. The molecule has 0 radical (unpaired) electrons. The Labute approximate surface area is 290 Å². The highest BCUT2D eigenvalue weighted by molar-refractivity contribution is 6.21. The number of aliphatic hydroxyl groups is 1. The van der Waals surface area contributed by atoms with E-state index in [-0.39, 0.29) is 18.0 Å². The Kier molecular flexibility index (Phi) is 9.34. The summed E-state index contributed by atoms with van der Waals surface area (Å²) in [6, 6.07) is 27.2. The van der Waals surface area contributed by atoms with Crippen molar-refractivity contribution in [2.45, 2.75) is 36.4 Å². The topological polar surface area (TPSA) is 120 Å². The highest BCUT2D eigenvalue weighted by Crippen LogP contribution is 2.38. The summed E-state index contributed by atoms with van der Waals surface area (Å²) < 4.78 is 7.00. The van der Waals surface area contributed by atoms with Crippen LogP contribution in [-0.4, -0.2) is 82.5 Å². The number of anilines is 3. The summed E-state index contributed by atoms with van der Waals surface area (Å²) in [6.07, 6.45) is 1.70. The van der Waals surface area contributed by atoms with Gasteiger partial charge in [0, 0.05) is 47.7 Å². The third-order valence-electron chi connectivity index (χ3n) is 9.60. The first-order chi connectivity index (χ1) is 23.8. The van der Waals surface area contributed by atoms with Crippen LogP contribution < -0.4 is 15.8 Å². The van der Waals surface area contributed by atoms with E-state index in [9.17, 15) is 15.2 Å². The fraction of sp³-hybridized carbons (Fsp3) is 0.316. The van der Waals surface area contributed by atoms with Crippen molar-refractivity contribution in [3.8, 4) is 28.3 Å². The number of pyridine rings is 1. The van der Waals surface area contributed by atoms with Gasteiger partial charge in [-0.25, -0.2) is 4.98 Å². The standard InChI is InChI=1S/C38H38ClN7O3/c1-44(2)32-20-29(47)21-33(35(32)39)46-36-31(23-41-38(43-36)42-27-12-14-28(15-13-27)45-16-18-49-19-17-45)34(30(22-40)37(46)48)26-10-8-25(9-11-26)24-6-4-3-5-7-24/h3-15,23,29,32-33,35,47H,16-21H2,1-2H3,(H,41,42,43). The third kappa shape index (κ3) is 6.51. The molecule has 0 spiro atoms. The average Bonchev–Trinajstić information content (AvgIpc) is 3.13. The van der Waals surface area contributed by atoms with Crippen LogP contribution in [-0.2, 0) is 4.74 Å². The zero-order valence-electron chi connectivity index (χ0n) is 27.5.